The van der Waals surface area contributed by atoms with Crippen LogP contribution in [0, 0.1) is 46.2 Å². The van der Waals surface area contributed by atoms with Gasteiger partial charge in [-0.15, -0.1) is 0 Å². The Balaban J connectivity index is 1.20. The van der Waals surface area contributed by atoms with Gasteiger partial charge in [-0.2, -0.15) is 15.0 Å². The number of ketones is 1. The summed E-state index contributed by atoms with van der Waals surface area (Å²) in [4.78, 5) is 15.0. The van der Waals surface area contributed by atoms with E-state index in [0.29, 0.717) is 34.2 Å². The third-order valence-electron chi connectivity index (χ3n) is 11.0. The second-order valence-corrected chi connectivity index (χ2v) is 12.9. The lowest BCUT2D eigenvalue weighted by Gasteiger charge is -2.61. The molecule has 0 radical (unpaired) electrons. The number of halogens is 1. The smallest absolute Gasteiger partial charge is 0.159 e. The summed E-state index contributed by atoms with van der Waals surface area (Å²) in [5, 5.41) is 19.5. The molecule has 4 aliphatic carbocycles. The molecule has 2 aromatic rings. The number of carbonyl (C=O) groups excluding carboxylic acids is 1. The first-order valence-corrected chi connectivity index (χ1v) is 13.3. The number of rotatable bonds is 3. The van der Waals surface area contributed by atoms with Crippen molar-refractivity contribution in [3.8, 4) is 0 Å². The van der Waals surface area contributed by atoms with Crippen LogP contribution in [0.3, 0.4) is 0 Å². The summed E-state index contributed by atoms with van der Waals surface area (Å²) in [7, 11) is 0. The highest BCUT2D eigenvalue weighted by atomic mass is 19.1. The summed E-state index contributed by atoms with van der Waals surface area (Å²) in [6.45, 7) is 7.09. The van der Waals surface area contributed by atoms with Crippen LogP contribution >= 0.6 is 0 Å². The molecule has 1 aromatic heterocycles. The van der Waals surface area contributed by atoms with E-state index in [-0.39, 0.29) is 29.5 Å². The van der Waals surface area contributed by atoms with Crippen LogP contribution in [0.5, 0.6) is 0 Å². The molecule has 6 rings (SSSR count). The van der Waals surface area contributed by atoms with Crippen molar-refractivity contribution in [2.45, 2.75) is 90.7 Å². The minimum Gasteiger partial charge on any atom is -0.390 e. The van der Waals surface area contributed by atoms with Gasteiger partial charge in [0.2, 0.25) is 0 Å². The van der Waals surface area contributed by atoms with Crippen LogP contribution in [-0.2, 0) is 11.3 Å². The van der Waals surface area contributed by atoms with Gasteiger partial charge in [0.1, 0.15) is 23.4 Å². The van der Waals surface area contributed by atoms with Crippen LogP contribution in [0.1, 0.15) is 78.6 Å². The van der Waals surface area contributed by atoms with Crippen LogP contribution < -0.4 is 0 Å². The van der Waals surface area contributed by atoms with E-state index in [1.165, 1.54) is 36.2 Å². The second kappa shape index (κ2) is 7.59. The van der Waals surface area contributed by atoms with Crippen LogP contribution in [0.2, 0.25) is 0 Å². The predicted molar refractivity (Wildman–Crippen MR) is 128 cm³/mol. The van der Waals surface area contributed by atoms with E-state index in [1.54, 1.807) is 6.07 Å². The molecule has 0 aliphatic heterocycles. The van der Waals surface area contributed by atoms with Crippen LogP contribution in [0.25, 0.3) is 11.0 Å². The molecule has 34 heavy (non-hydrogen) atoms. The molecule has 1 heterocycles. The van der Waals surface area contributed by atoms with Gasteiger partial charge < -0.3 is 5.11 Å². The Kier molecular flexibility index (Phi) is 5.05. The van der Waals surface area contributed by atoms with E-state index in [9.17, 15) is 14.3 Å². The van der Waals surface area contributed by atoms with Gasteiger partial charge in [-0.1, -0.05) is 13.8 Å². The summed E-state index contributed by atoms with van der Waals surface area (Å²) < 4.78 is 13.5. The number of nitrogens with zero attached hydrogens (tertiary/aromatic N) is 3. The average Bonchev–Trinajstić information content (AvgIpc) is 3.33. The fourth-order valence-electron chi connectivity index (χ4n) is 9.21. The lowest BCUT2D eigenvalue weighted by Crippen LogP contribution is -2.55. The molecule has 0 amide bonds. The van der Waals surface area contributed by atoms with Crippen molar-refractivity contribution in [3.05, 3.63) is 24.0 Å². The Morgan fingerprint density at radius 3 is 2.59 bits per heavy atom. The van der Waals surface area contributed by atoms with Gasteiger partial charge in [-0.3, -0.25) is 4.79 Å². The van der Waals surface area contributed by atoms with Crippen molar-refractivity contribution in [3.63, 3.8) is 0 Å². The van der Waals surface area contributed by atoms with Gasteiger partial charge >= 0.3 is 0 Å². The molecule has 0 bridgehead atoms. The molecule has 1 N–H and O–H groups in total. The lowest BCUT2D eigenvalue weighted by molar-refractivity contribution is -0.151. The zero-order valence-electron chi connectivity index (χ0n) is 20.8. The fraction of sp³-hybridized carbons (Fsp3) is 0.750. The maximum absolute atomic E-state index is 13.5. The number of Topliss-reactive ketones (excluding diaryl/α,β-unsaturated/α-hetero) is 1. The highest BCUT2D eigenvalue weighted by Crippen LogP contribution is 2.68. The molecule has 4 saturated carbocycles. The van der Waals surface area contributed by atoms with Gasteiger partial charge in [-0.05, 0) is 111 Å². The molecule has 8 atom stereocenters. The van der Waals surface area contributed by atoms with Crippen LogP contribution in [-0.4, -0.2) is 31.5 Å². The Morgan fingerprint density at radius 2 is 1.76 bits per heavy atom. The standard InChI is InChI=1S/C28H38FN3O2/c1-26(34)12-13-27(2)17(15-26)4-6-19-20-7-8-22(28(20,3)11-10-21(19)27)25(33)16-32-30-23-9-5-18(29)14-24(23)31-32/h5,9,14,17,19-22,34H,4,6-8,10-13,15-16H2,1-3H3/t17-,19-,20-,21-,22+,26+,27-,28-/m0/s1. The van der Waals surface area contributed by atoms with Crippen molar-refractivity contribution in [1.82, 2.24) is 15.0 Å². The fourth-order valence-corrected chi connectivity index (χ4v) is 9.21. The molecule has 184 valence electrons. The number of benzene rings is 1. The maximum atomic E-state index is 13.5. The maximum Gasteiger partial charge on any atom is 0.159 e. The van der Waals surface area contributed by atoms with Gasteiger partial charge in [0.25, 0.3) is 0 Å². The first-order chi connectivity index (χ1) is 16.1. The topological polar surface area (TPSA) is 68.0 Å². The Labute approximate surface area is 201 Å². The summed E-state index contributed by atoms with van der Waals surface area (Å²) >= 11 is 0. The van der Waals surface area contributed by atoms with Gasteiger partial charge in [0.15, 0.2) is 5.78 Å². The molecule has 0 saturated heterocycles. The van der Waals surface area contributed by atoms with Crippen molar-refractivity contribution < 1.29 is 14.3 Å². The van der Waals surface area contributed by atoms with E-state index < -0.39 is 5.60 Å². The third kappa shape index (κ3) is 3.38. The Morgan fingerprint density at radius 1 is 1.00 bits per heavy atom. The SMILES string of the molecule is C[C@@]1(O)CC[C@@]2(C)[C@@H](CC[C@@H]3[C@@H]2CC[C@]2(C)[C@@H](C(=O)Cn4nc5ccc(F)cc5n4)CC[C@@H]32)C1. The van der Waals surface area contributed by atoms with E-state index in [2.05, 4.69) is 24.0 Å². The predicted octanol–water partition coefficient (Wildman–Crippen LogP) is 5.55. The average molecular weight is 468 g/mol. The highest BCUT2D eigenvalue weighted by Gasteiger charge is 2.61. The van der Waals surface area contributed by atoms with Crippen molar-refractivity contribution in [2.75, 3.05) is 0 Å². The van der Waals surface area contributed by atoms with E-state index >= 15 is 0 Å². The summed E-state index contributed by atoms with van der Waals surface area (Å²) in [5.41, 5.74) is 1.02. The second-order valence-electron chi connectivity index (χ2n) is 12.9. The lowest BCUT2D eigenvalue weighted by atomic mass is 9.44. The molecule has 6 heteroatoms. The third-order valence-corrected chi connectivity index (χ3v) is 11.0. The Bertz CT molecular complexity index is 1130. The minimum absolute atomic E-state index is 0.0558. The molecule has 0 unspecified atom stereocenters. The van der Waals surface area contributed by atoms with Crippen LogP contribution in [0.4, 0.5) is 4.39 Å². The first kappa shape index (κ1) is 22.6. The molecule has 4 fully saturated rings. The summed E-state index contributed by atoms with van der Waals surface area (Å²) in [6.07, 6.45) is 9.91. The molecule has 1 aromatic carbocycles. The van der Waals surface area contributed by atoms with Gasteiger partial charge in [0.05, 0.1) is 5.60 Å². The number of hydrogen-bond donors (Lipinski definition) is 1. The molecular formula is C28H38FN3O2. The van der Waals surface area contributed by atoms with E-state index in [4.69, 9.17) is 0 Å². The summed E-state index contributed by atoms with van der Waals surface area (Å²) in [5.74, 6) is 2.62. The molecular weight excluding hydrogens is 429 g/mol. The molecule has 4 aliphatic rings. The molecule has 5 nitrogen and oxygen atoms in total. The Hall–Kier alpha value is -1.82. The van der Waals surface area contributed by atoms with E-state index in [1.807, 2.05) is 6.92 Å². The monoisotopic (exact) mass is 467 g/mol. The number of hydrogen-bond acceptors (Lipinski definition) is 4. The highest BCUT2D eigenvalue weighted by molar-refractivity contribution is 5.82. The normalized spacial score (nSPS) is 43.9. The number of fused-ring (bicyclic) bond motifs is 6. The minimum atomic E-state index is -0.498. The zero-order valence-corrected chi connectivity index (χ0v) is 20.8. The quantitative estimate of drug-likeness (QED) is 0.643. The van der Waals surface area contributed by atoms with Crippen molar-refractivity contribution >= 4 is 16.8 Å². The largest absolute Gasteiger partial charge is 0.390 e. The molecule has 0 spiro atoms. The first-order valence-electron chi connectivity index (χ1n) is 13.3. The van der Waals surface area contributed by atoms with Gasteiger partial charge in [0, 0.05) is 12.0 Å². The van der Waals surface area contributed by atoms with E-state index in [0.717, 1.165) is 44.4 Å². The summed E-state index contributed by atoms with van der Waals surface area (Å²) in [6, 6.07) is 4.38. The number of carbonyl (C=O) groups is 1. The van der Waals surface area contributed by atoms with Gasteiger partial charge in [-0.25, -0.2) is 4.39 Å². The number of aromatic nitrogens is 3. The van der Waals surface area contributed by atoms with Crippen molar-refractivity contribution in [2.24, 2.45) is 40.4 Å². The van der Waals surface area contributed by atoms with Crippen molar-refractivity contribution in [1.29, 1.82) is 0 Å². The van der Waals surface area contributed by atoms with Crippen LogP contribution in [0.15, 0.2) is 18.2 Å². The number of aliphatic hydroxyl groups is 1. The zero-order chi connectivity index (χ0) is 23.9.